The molecule has 1 N–H and O–H groups in total. The number of benzene rings is 2. The number of nitrogens with one attached hydrogen (secondary N) is 1. The van der Waals surface area contributed by atoms with Crippen molar-refractivity contribution in [2.45, 2.75) is 11.8 Å². The van der Waals surface area contributed by atoms with Crippen molar-refractivity contribution in [3.05, 3.63) is 59.9 Å². The molecular weight excluding hydrogens is 281 g/mol. The molecule has 0 spiro atoms. The Morgan fingerprint density at radius 1 is 1.10 bits per heavy atom. The topological polar surface area (TPSA) is 63.2 Å². The Morgan fingerprint density at radius 2 is 1.80 bits per heavy atom. The Kier molecular flexibility index (Phi) is 3.85. The average Bonchev–Trinajstić information content (AvgIpc) is 2.41. The highest BCUT2D eigenvalue weighted by molar-refractivity contribution is 7.92. The van der Waals surface area contributed by atoms with Crippen LogP contribution in [0.1, 0.15) is 17.3 Å². The molecule has 2 aromatic carbocycles. The normalized spacial score (nSPS) is 11.1. The summed E-state index contributed by atoms with van der Waals surface area (Å²) in [7, 11) is -3.93. The molecule has 0 saturated heterocycles. The van der Waals surface area contributed by atoms with Crippen molar-refractivity contribution in [1.82, 2.24) is 0 Å². The second-order valence-corrected chi connectivity index (χ2v) is 5.85. The Bertz CT molecular complexity index is 757. The van der Waals surface area contributed by atoms with Gasteiger partial charge in [-0.25, -0.2) is 12.8 Å². The zero-order valence-electron chi connectivity index (χ0n) is 10.6. The van der Waals surface area contributed by atoms with Gasteiger partial charge in [-0.05, 0) is 31.2 Å². The van der Waals surface area contributed by atoms with Gasteiger partial charge < -0.3 is 0 Å². The van der Waals surface area contributed by atoms with Gasteiger partial charge in [0.05, 0.1) is 10.6 Å². The van der Waals surface area contributed by atoms with Crippen molar-refractivity contribution >= 4 is 21.5 Å². The fourth-order valence-electron chi connectivity index (χ4n) is 1.63. The van der Waals surface area contributed by atoms with Gasteiger partial charge in [-0.15, -0.1) is 0 Å². The summed E-state index contributed by atoms with van der Waals surface area (Å²) in [4.78, 5) is 11.2. The number of para-hydroxylation sites is 1. The highest BCUT2D eigenvalue weighted by atomic mass is 32.2. The van der Waals surface area contributed by atoms with Gasteiger partial charge in [0.15, 0.2) is 5.78 Å². The lowest BCUT2D eigenvalue weighted by Crippen LogP contribution is -2.14. The molecule has 0 atom stereocenters. The van der Waals surface area contributed by atoms with Crippen LogP contribution in [0.15, 0.2) is 53.4 Å². The van der Waals surface area contributed by atoms with Crippen LogP contribution in [0.3, 0.4) is 0 Å². The van der Waals surface area contributed by atoms with Crippen molar-refractivity contribution in [1.29, 1.82) is 0 Å². The van der Waals surface area contributed by atoms with Crippen molar-refractivity contribution in [3.63, 3.8) is 0 Å². The molecule has 20 heavy (non-hydrogen) atoms. The standard InChI is InChI=1S/C14H12FNO3S/c1-10(17)11-5-4-6-12(9-11)20(18,19)16-14-8-3-2-7-13(14)15/h2-9,16H,1H3. The minimum absolute atomic E-state index is 0.0894. The number of ketones is 1. The van der Waals surface area contributed by atoms with Crippen LogP contribution in [0.25, 0.3) is 0 Å². The molecule has 0 aliphatic carbocycles. The molecule has 2 rings (SSSR count). The lowest BCUT2D eigenvalue weighted by Gasteiger charge is -2.09. The van der Waals surface area contributed by atoms with Gasteiger partial charge in [-0.2, -0.15) is 0 Å². The first kappa shape index (κ1) is 14.2. The van der Waals surface area contributed by atoms with Crippen LogP contribution in [0.5, 0.6) is 0 Å². The van der Waals surface area contributed by atoms with E-state index in [4.69, 9.17) is 0 Å². The van der Waals surface area contributed by atoms with Crippen molar-refractivity contribution in [3.8, 4) is 0 Å². The van der Waals surface area contributed by atoms with E-state index in [9.17, 15) is 17.6 Å². The number of hydrogen-bond acceptors (Lipinski definition) is 3. The van der Waals surface area contributed by atoms with Crippen LogP contribution in [-0.2, 0) is 10.0 Å². The summed E-state index contributed by atoms with van der Waals surface area (Å²) in [6.07, 6.45) is 0. The Morgan fingerprint density at radius 3 is 2.45 bits per heavy atom. The number of halogens is 1. The molecule has 0 amide bonds. The predicted octanol–water partition coefficient (Wildman–Crippen LogP) is 2.83. The molecule has 6 heteroatoms. The van der Waals surface area contributed by atoms with E-state index in [-0.39, 0.29) is 21.9 Å². The van der Waals surface area contributed by atoms with Crippen LogP contribution < -0.4 is 4.72 Å². The number of Topliss-reactive ketones (excluding diaryl/α,β-unsaturated/α-hetero) is 1. The molecule has 0 aliphatic heterocycles. The summed E-state index contributed by atoms with van der Waals surface area (Å²) >= 11 is 0. The average molecular weight is 293 g/mol. The first-order chi connectivity index (χ1) is 9.40. The third-order valence-corrected chi connectivity index (χ3v) is 4.03. The zero-order valence-corrected chi connectivity index (χ0v) is 11.4. The molecule has 0 bridgehead atoms. The van der Waals surface area contributed by atoms with E-state index in [1.54, 1.807) is 0 Å². The second kappa shape index (κ2) is 5.42. The summed E-state index contributed by atoms with van der Waals surface area (Å²) < 4.78 is 39.9. The Hall–Kier alpha value is -2.21. The summed E-state index contributed by atoms with van der Waals surface area (Å²) in [6.45, 7) is 1.34. The molecular formula is C14H12FNO3S. The molecule has 104 valence electrons. The number of carbonyl (C=O) groups excluding carboxylic acids is 1. The van der Waals surface area contributed by atoms with E-state index < -0.39 is 15.8 Å². The molecule has 0 saturated carbocycles. The number of sulfonamides is 1. The molecule has 4 nitrogen and oxygen atoms in total. The van der Waals surface area contributed by atoms with Crippen LogP contribution in [-0.4, -0.2) is 14.2 Å². The van der Waals surface area contributed by atoms with Crippen LogP contribution in [0.4, 0.5) is 10.1 Å². The summed E-state index contributed by atoms with van der Waals surface area (Å²) in [6, 6.07) is 11.0. The van der Waals surface area contributed by atoms with Crippen molar-refractivity contribution in [2.75, 3.05) is 4.72 Å². The first-order valence-electron chi connectivity index (χ1n) is 5.78. The second-order valence-electron chi connectivity index (χ2n) is 4.17. The van der Waals surface area contributed by atoms with E-state index in [1.165, 1.54) is 49.4 Å². The van der Waals surface area contributed by atoms with E-state index >= 15 is 0 Å². The van der Waals surface area contributed by atoms with E-state index in [0.29, 0.717) is 0 Å². The fraction of sp³-hybridized carbons (Fsp3) is 0.0714. The van der Waals surface area contributed by atoms with Crippen molar-refractivity contribution < 1.29 is 17.6 Å². The number of anilines is 1. The Labute approximate surface area is 116 Å². The maximum absolute atomic E-state index is 13.5. The molecule has 0 aromatic heterocycles. The highest BCUT2D eigenvalue weighted by Crippen LogP contribution is 2.19. The van der Waals surface area contributed by atoms with Gasteiger partial charge in [-0.3, -0.25) is 9.52 Å². The molecule has 0 unspecified atom stereocenters. The number of rotatable bonds is 4. The Balaban J connectivity index is 2.38. The van der Waals surface area contributed by atoms with E-state index in [2.05, 4.69) is 4.72 Å². The lowest BCUT2D eigenvalue weighted by atomic mass is 10.2. The first-order valence-corrected chi connectivity index (χ1v) is 7.27. The largest absolute Gasteiger partial charge is 0.295 e. The van der Waals surface area contributed by atoms with E-state index in [1.807, 2.05) is 0 Å². The maximum atomic E-state index is 13.5. The SMILES string of the molecule is CC(=O)c1cccc(S(=O)(=O)Nc2ccccc2F)c1. The van der Waals surface area contributed by atoms with Crippen LogP contribution in [0.2, 0.25) is 0 Å². The minimum Gasteiger partial charge on any atom is -0.295 e. The molecule has 2 aromatic rings. The van der Waals surface area contributed by atoms with Gasteiger partial charge in [0.25, 0.3) is 10.0 Å². The summed E-state index contributed by atoms with van der Waals surface area (Å²) in [5.74, 6) is -0.910. The summed E-state index contributed by atoms with van der Waals surface area (Å²) in [5.41, 5.74) is 0.141. The van der Waals surface area contributed by atoms with Crippen molar-refractivity contribution in [2.24, 2.45) is 0 Å². The number of carbonyl (C=O) groups is 1. The van der Waals surface area contributed by atoms with Crippen LogP contribution >= 0.6 is 0 Å². The maximum Gasteiger partial charge on any atom is 0.262 e. The molecule has 0 heterocycles. The number of hydrogen-bond donors (Lipinski definition) is 1. The highest BCUT2D eigenvalue weighted by Gasteiger charge is 2.17. The zero-order chi connectivity index (χ0) is 14.8. The molecule has 0 aliphatic rings. The predicted molar refractivity (Wildman–Crippen MR) is 73.7 cm³/mol. The smallest absolute Gasteiger partial charge is 0.262 e. The third-order valence-electron chi connectivity index (χ3n) is 2.67. The lowest BCUT2D eigenvalue weighted by molar-refractivity contribution is 0.101. The van der Waals surface area contributed by atoms with Gasteiger partial charge in [0, 0.05) is 5.56 Å². The third kappa shape index (κ3) is 3.03. The van der Waals surface area contributed by atoms with Gasteiger partial charge in [0.2, 0.25) is 0 Å². The molecule has 0 radical (unpaired) electrons. The monoisotopic (exact) mass is 293 g/mol. The molecule has 0 fully saturated rings. The minimum atomic E-state index is -3.93. The fourth-order valence-corrected chi connectivity index (χ4v) is 2.74. The van der Waals surface area contributed by atoms with E-state index in [0.717, 1.165) is 6.07 Å². The van der Waals surface area contributed by atoms with Crippen LogP contribution in [0, 0.1) is 5.82 Å². The van der Waals surface area contributed by atoms with Gasteiger partial charge in [0.1, 0.15) is 5.82 Å². The summed E-state index contributed by atoms with van der Waals surface area (Å²) in [5, 5.41) is 0. The quantitative estimate of drug-likeness (QED) is 0.882. The van der Waals surface area contributed by atoms with Gasteiger partial charge in [-0.1, -0.05) is 24.3 Å². The van der Waals surface area contributed by atoms with Gasteiger partial charge >= 0.3 is 0 Å².